The van der Waals surface area contributed by atoms with Crippen molar-refractivity contribution in [1.82, 2.24) is 19.1 Å². The van der Waals surface area contributed by atoms with E-state index in [-0.39, 0.29) is 0 Å². The van der Waals surface area contributed by atoms with E-state index in [1.165, 1.54) is 65.2 Å². The molecule has 0 unspecified atom stereocenters. The molecule has 0 aliphatic carbocycles. The molecule has 1 aliphatic heterocycles. The summed E-state index contributed by atoms with van der Waals surface area (Å²) in [5.74, 6) is 0.807. The molecule has 5 heteroatoms. The molecule has 14 rings (SSSR count). The fourth-order valence-corrected chi connectivity index (χ4v) is 11.4. The summed E-state index contributed by atoms with van der Waals surface area (Å²) >= 11 is 1.71. The van der Waals surface area contributed by atoms with Crippen molar-refractivity contribution in [1.29, 1.82) is 0 Å². The predicted molar refractivity (Wildman–Crippen MR) is 264 cm³/mol. The van der Waals surface area contributed by atoms with Crippen LogP contribution in [0.1, 0.15) is 0 Å². The molecular weight excluding hydrogens is 785 g/mol. The van der Waals surface area contributed by atoms with Crippen molar-refractivity contribution in [2.45, 2.75) is 0 Å². The summed E-state index contributed by atoms with van der Waals surface area (Å²) in [6.45, 7) is 0. The number of aromatic nitrogens is 4. The van der Waals surface area contributed by atoms with Crippen LogP contribution in [0.15, 0.2) is 206 Å². The maximum Gasteiger partial charge on any atom is 0.165 e. The van der Waals surface area contributed by atoms with Gasteiger partial charge in [-0.3, -0.25) is 4.57 Å². The number of rotatable bonds is 4. The minimum absolute atomic E-state index is 0.807. The summed E-state index contributed by atoms with van der Waals surface area (Å²) in [5.41, 5.74) is 18.0. The summed E-state index contributed by atoms with van der Waals surface area (Å²) in [6.07, 6.45) is 0. The van der Waals surface area contributed by atoms with Gasteiger partial charge in [0.25, 0.3) is 0 Å². The number of para-hydroxylation sites is 3. The summed E-state index contributed by atoms with van der Waals surface area (Å²) in [4.78, 5) is 12.4. The molecule has 0 bridgehead atoms. The number of nitrogens with zero attached hydrogens (tertiary/aromatic N) is 4. The molecule has 4 nitrogen and oxygen atoms in total. The van der Waals surface area contributed by atoms with Crippen molar-refractivity contribution in [3.8, 4) is 67.3 Å². The van der Waals surface area contributed by atoms with E-state index in [0.29, 0.717) is 0 Å². The van der Waals surface area contributed by atoms with E-state index in [4.69, 9.17) is 9.97 Å². The minimum Gasteiger partial charge on any atom is -0.308 e. The van der Waals surface area contributed by atoms with E-state index in [2.05, 4.69) is 215 Å². The van der Waals surface area contributed by atoms with Crippen LogP contribution in [0.4, 0.5) is 0 Å². The fraction of sp³-hybridized carbons (Fsp3) is 0. The SMILES string of the molecule is c1ccc(-c2cc(-c3ccccc3)cc(-c3nc4sc5ccccc5c4nc3-n3c4ccccc4c4c5c6c(cc43)c3ccccc3n6-c3ccccc3-c3ccccc3-5)c2)cc1. The second-order valence-electron chi connectivity index (χ2n) is 16.5. The molecule has 0 radical (unpaired) electrons. The van der Waals surface area contributed by atoms with Crippen LogP contribution in [0.3, 0.4) is 0 Å². The van der Waals surface area contributed by atoms with Crippen molar-refractivity contribution >= 4 is 75.4 Å². The van der Waals surface area contributed by atoms with Gasteiger partial charge in [-0.05, 0) is 81.9 Å². The Morgan fingerprint density at radius 2 is 0.952 bits per heavy atom. The third-order valence-electron chi connectivity index (χ3n) is 13.1. The number of hydrogen-bond acceptors (Lipinski definition) is 3. The van der Waals surface area contributed by atoms with Crippen LogP contribution in [-0.4, -0.2) is 19.1 Å². The van der Waals surface area contributed by atoms with Gasteiger partial charge in [-0.25, -0.2) is 9.97 Å². The summed E-state index contributed by atoms with van der Waals surface area (Å²) in [5, 5.41) is 5.92. The molecular formula is C58H34N4S. The highest BCUT2D eigenvalue weighted by Gasteiger charge is 2.30. The largest absolute Gasteiger partial charge is 0.308 e. The first-order chi connectivity index (χ1) is 31.3. The highest BCUT2D eigenvalue weighted by molar-refractivity contribution is 7.25. The third-order valence-corrected chi connectivity index (χ3v) is 14.1. The van der Waals surface area contributed by atoms with E-state index in [1.807, 2.05) is 0 Å². The van der Waals surface area contributed by atoms with Gasteiger partial charge in [-0.2, -0.15) is 0 Å². The Balaban J connectivity index is 1.18. The molecule has 1 aliphatic rings. The van der Waals surface area contributed by atoms with Crippen molar-refractivity contribution in [2.75, 3.05) is 0 Å². The zero-order chi connectivity index (χ0) is 41.2. The Bertz CT molecular complexity index is 3970. The summed E-state index contributed by atoms with van der Waals surface area (Å²) in [6, 6.07) is 74.9. The Labute approximate surface area is 366 Å². The molecule has 292 valence electrons. The number of thiophene rings is 1. The first-order valence-electron chi connectivity index (χ1n) is 21.4. The Morgan fingerprint density at radius 1 is 0.381 bits per heavy atom. The monoisotopic (exact) mass is 818 g/mol. The lowest BCUT2D eigenvalue weighted by molar-refractivity contribution is 1.09. The highest BCUT2D eigenvalue weighted by Crippen LogP contribution is 2.52. The zero-order valence-electron chi connectivity index (χ0n) is 33.8. The van der Waals surface area contributed by atoms with E-state index < -0.39 is 0 Å². The van der Waals surface area contributed by atoms with E-state index in [1.54, 1.807) is 11.3 Å². The molecule has 0 fully saturated rings. The Kier molecular flexibility index (Phi) is 7.24. The highest BCUT2D eigenvalue weighted by atomic mass is 32.1. The zero-order valence-corrected chi connectivity index (χ0v) is 34.6. The molecule has 9 aromatic carbocycles. The molecule has 0 amide bonds. The van der Waals surface area contributed by atoms with Crippen LogP contribution in [0.2, 0.25) is 0 Å². The molecule has 63 heavy (non-hydrogen) atoms. The van der Waals surface area contributed by atoms with Gasteiger partial charge < -0.3 is 4.57 Å². The molecule has 0 saturated carbocycles. The van der Waals surface area contributed by atoms with Crippen LogP contribution >= 0.6 is 11.3 Å². The van der Waals surface area contributed by atoms with Crippen molar-refractivity contribution in [2.24, 2.45) is 0 Å². The quantitative estimate of drug-likeness (QED) is 0.177. The van der Waals surface area contributed by atoms with Gasteiger partial charge >= 0.3 is 0 Å². The smallest absolute Gasteiger partial charge is 0.165 e. The van der Waals surface area contributed by atoms with Gasteiger partial charge in [0.05, 0.1) is 27.8 Å². The van der Waals surface area contributed by atoms with Crippen molar-refractivity contribution in [3.05, 3.63) is 206 Å². The average molecular weight is 819 g/mol. The van der Waals surface area contributed by atoms with E-state index >= 15 is 0 Å². The lowest BCUT2D eigenvalue weighted by atomic mass is 9.91. The first-order valence-corrected chi connectivity index (χ1v) is 22.2. The molecule has 13 aromatic rings. The van der Waals surface area contributed by atoms with Crippen LogP contribution in [0, 0.1) is 0 Å². The van der Waals surface area contributed by atoms with Crippen LogP contribution in [0.25, 0.3) is 131 Å². The second-order valence-corrected chi connectivity index (χ2v) is 17.5. The molecule has 5 heterocycles. The first kappa shape index (κ1) is 34.6. The average Bonchev–Trinajstić information content (AvgIpc) is 3.97. The van der Waals surface area contributed by atoms with Crippen molar-refractivity contribution in [3.63, 3.8) is 0 Å². The van der Waals surface area contributed by atoms with Crippen LogP contribution in [0.5, 0.6) is 0 Å². The molecule has 0 atom stereocenters. The van der Waals surface area contributed by atoms with Crippen LogP contribution in [-0.2, 0) is 0 Å². The topological polar surface area (TPSA) is 35.6 Å². The Morgan fingerprint density at radius 3 is 1.70 bits per heavy atom. The summed E-state index contributed by atoms with van der Waals surface area (Å²) in [7, 11) is 0. The van der Waals surface area contributed by atoms with Gasteiger partial charge in [-0.1, -0.05) is 158 Å². The second kappa shape index (κ2) is 13.2. The maximum atomic E-state index is 5.81. The standard InChI is InChI=1S/C58H34N4S/c1-3-17-35(18-4-1)37-31-38(36-19-5-2-6-20-36)33-39(32-37)54-57(59-55-45-26-12-16-30-51(45)63-58(55)60-54)62-49-29-15-11-25-44(49)52-50(62)34-46-42-23-10-14-28-48(42)61-47-27-13-9-22-41(47)40-21-7-8-24-43(40)53(52)56(46)61/h1-34H. The van der Waals surface area contributed by atoms with E-state index in [9.17, 15) is 0 Å². The lowest BCUT2D eigenvalue weighted by Gasteiger charge is -2.16. The van der Waals surface area contributed by atoms with Crippen LogP contribution < -0.4 is 0 Å². The van der Waals surface area contributed by atoms with Gasteiger partial charge in [0.15, 0.2) is 5.82 Å². The fourth-order valence-electron chi connectivity index (χ4n) is 10.4. The van der Waals surface area contributed by atoms with Gasteiger partial charge in [0.1, 0.15) is 16.0 Å². The molecule has 0 spiro atoms. The maximum absolute atomic E-state index is 5.81. The lowest BCUT2D eigenvalue weighted by Crippen LogP contribution is -2.03. The molecule has 4 aromatic heterocycles. The summed E-state index contributed by atoms with van der Waals surface area (Å²) < 4.78 is 6.10. The Hall–Kier alpha value is -8.12. The number of benzene rings is 9. The van der Waals surface area contributed by atoms with Gasteiger partial charge in [-0.15, -0.1) is 11.3 Å². The van der Waals surface area contributed by atoms with Crippen molar-refractivity contribution < 1.29 is 0 Å². The third kappa shape index (κ3) is 4.97. The normalized spacial score (nSPS) is 12.1. The predicted octanol–water partition coefficient (Wildman–Crippen LogP) is 15.7. The minimum atomic E-state index is 0.807. The van der Waals surface area contributed by atoms with E-state index in [0.717, 1.165) is 66.1 Å². The molecule has 0 saturated heterocycles. The number of hydrogen-bond donors (Lipinski definition) is 0. The van der Waals surface area contributed by atoms with Gasteiger partial charge in [0.2, 0.25) is 0 Å². The number of fused-ring (bicyclic) bond motifs is 15. The molecule has 0 N–H and O–H groups in total. The van der Waals surface area contributed by atoms with Gasteiger partial charge in [0, 0.05) is 48.3 Å².